The number of carbonyl (C=O) groups is 1. The van der Waals surface area contributed by atoms with E-state index in [2.05, 4.69) is 59.9 Å². The maximum atomic E-state index is 12.1. The Kier molecular flexibility index (Phi) is 13.9. The maximum Gasteiger partial charge on any atom is 0.250 e. The molecule has 0 saturated carbocycles. The molecule has 1 saturated heterocycles. The molecule has 1 rings (SSSR count). The standard InChI is InChI=1S/C23H45N5O/c1-21(2)9-10-22(3)23(29)25-12-7-16-28-17-8-15-26(4)18-13-24-11-6-14-27(5)19-20-28/h9-10,21,24H,3,6-8,11-20H2,1-2,4-5H3,(H,25,29)/b10-9-. The van der Waals surface area contributed by atoms with E-state index in [0.29, 0.717) is 18.0 Å². The normalized spacial score (nSPS) is 20.0. The minimum atomic E-state index is -0.0575. The molecule has 1 fully saturated rings. The highest BCUT2D eigenvalue weighted by molar-refractivity contribution is 5.95. The Bertz CT molecular complexity index is 492. The van der Waals surface area contributed by atoms with Crippen LogP contribution in [0.15, 0.2) is 24.3 Å². The van der Waals surface area contributed by atoms with Gasteiger partial charge in [-0.15, -0.1) is 0 Å². The van der Waals surface area contributed by atoms with Crippen LogP contribution < -0.4 is 10.6 Å². The van der Waals surface area contributed by atoms with Crippen LogP contribution in [0, 0.1) is 5.92 Å². The van der Waals surface area contributed by atoms with Gasteiger partial charge in [0.15, 0.2) is 0 Å². The molecule has 1 aliphatic heterocycles. The second-order valence-corrected chi connectivity index (χ2v) is 8.64. The predicted octanol–water partition coefficient (Wildman–Crippen LogP) is 1.81. The highest BCUT2D eigenvalue weighted by Crippen LogP contribution is 2.01. The molecule has 1 aliphatic rings. The summed E-state index contributed by atoms with van der Waals surface area (Å²) in [5.41, 5.74) is 0.538. The summed E-state index contributed by atoms with van der Waals surface area (Å²) in [6.45, 7) is 18.6. The van der Waals surface area contributed by atoms with Crippen molar-refractivity contribution in [3.8, 4) is 0 Å². The first kappa shape index (κ1) is 25.8. The summed E-state index contributed by atoms with van der Waals surface area (Å²) in [6.07, 6.45) is 7.18. The van der Waals surface area contributed by atoms with Gasteiger partial charge < -0.3 is 25.3 Å². The van der Waals surface area contributed by atoms with E-state index in [1.807, 2.05) is 12.2 Å². The first-order valence-corrected chi connectivity index (χ1v) is 11.3. The van der Waals surface area contributed by atoms with E-state index in [9.17, 15) is 4.79 Å². The van der Waals surface area contributed by atoms with Crippen LogP contribution in [0.1, 0.15) is 33.1 Å². The van der Waals surface area contributed by atoms with Crippen LogP contribution in [0.5, 0.6) is 0 Å². The summed E-state index contributed by atoms with van der Waals surface area (Å²) in [5.74, 6) is 0.369. The third kappa shape index (κ3) is 13.6. The van der Waals surface area contributed by atoms with Crippen LogP contribution in [0.2, 0.25) is 0 Å². The van der Waals surface area contributed by atoms with Crippen LogP contribution >= 0.6 is 0 Å². The fourth-order valence-electron chi connectivity index (χ4n) is 3.31. The molecule has 2 N–H and O–H groups in total. The zero-order valence-corrected chi connectivity index (χ0v) is 19.4. The smallest absolute Gasteiger partial charge is 0.250 e. The summed E-state index contributed by atoms with van der Waals surface area (Å²) in [5, 5.41) is 6.54. The average molecular weight is 408 g/mol. The van der Waals surface area contributed by atoms with Crippen molar-refractivity contribution < 1.29 is 4.79 Å². The van der Waals surface area contributed by atoms with Crippen LogP contribution in [-0.2, 0) is 4.79 Å². The van der Waals surface area contributed by atoms with Crippen molar-refractivity contribution in [3.63, 3.8) is 0 Å². The van der Waals surface area contributed by atoms with Crippen LogP contribution in [0.3, 0.4) is 0 Å². The van der Waals surface area contributed by atoms with E-state index in [1.165, 1.54) is 12.8 Å². The molecular weight excluding hydrogens is 362 g/mol. The number of carbonyl (C=O) groups excluding carboxylic acids is 1. The van der Waals surface area contributed by atoms with Gasteiger partial charge in [-0.2, -0.15) is 0 Å². The Labute approximate surface area is 179 Å². The van der Waals surface area contributed by atoms with Gasteiger partial charge in [0.25, 0.3) is 5.91 Å². The molecule has 168 valence electrons. The number of hydrogen-bond donors (Lipinski definition) is 2. The van der Waals surface area contributed by atoms with Crippen molar-refractivity contribution >= 4 is 5.91 Å². The van der Waals surface area contributed by atoms with Gasteiger partial charge in [-0.1, -0.05) is 32.6 Å². The number of hydrogen-bond acceptors (Lipinski definition) is 5. The minimum Gasteiger partial charge on any atom is -0.352 e. The van der Waals surface area contributed by atoms with Gasteiger partial charge in [-0.3, -0.25) is 4.79 Å². The van der Waals surface area contributed by atoms with Crippen molar-refractivity contribution in [1.29, 1.82) is 0 Å². The first-order chi connectivity index (χ1) is 13.9. The molecule has 0 unspecified atom stereocenters. The van der Waals surface area contributed by atoms with Crippen LogP contribution in [0.4, 0.5) is 0 Å². The van der Waals surface area contributed by atoms with Gasteiger partial charge >= 0.3 is 0 Å². The summed E-state index contributed by atoms with van der Waals surface area (Å²) in [4.78, 5) is 19.5. The van der Waals surface area contributed by atoms with Gasteiger partial charge in [-0.25, -0.2) is 0 Å². The molecule has 0 aromatic heterocycles. The number of amides is 1. The lowest BCUT2D eigenvalue weighted by atomic mass is 10.1. The first-order valence-electron chi connectivity index (χ1n) is 11.3. The summed E-state index contributed by atoms with van der Waals surface area (Å²) >= 11 is 0. The largest absolute Gasteiger partial charge is 0.352 e. The van der Waals surface area contributed by atoms with E-state index in [0.717, 1.165) is 65.3 Å². The quantitative estimate of drug-likeness (QED) is 0.383. The van der Waals surface area contributed by atoms with Crippen molar-refractivity contribution in [2.24, 2.45) is 5.92 Å². The van der Waals surface area contributed by atoms with Gasteiger partial charge in [0.1, 0.15) is 0 Å². The third-order valence-corrected chi connectivity index (χ3v) is 5.29. The van der Waals surface area contributed by atoms with Gasteiger partial charge in [-0.05, 0) is 72.0 Å². The van der Waals surface area contributed by atoms with Crippen LogP contribution in [-0.4, -0.2) is 100 Å². The monoisotopic (exact) mass is 407 g/mol. The number of nitrogens with zero attached hydrogens (tertiary/aromatic N) is 3. The van der Waals surface area contributed by atoms with Crippen molar-refractivity contribution in [1.82, 2.24) is 25.3 Å². The zero-order chi connectivity index (χ0) is 21.5. The summed E-state index contributed by atoms with van der Waals surface area (Å²) < 4.78 is 0. The average Bonchev–Trinajstić information content (AvgIpc) is 2.68. The molecule has 0 spiro atoms. The van der Waals surface area contributed by atoms with E-state index in [4.69, 9.17) is 0 Å². The minimum absolute atomic E-state index is 0.0575. The highest BCUT2D eigenvalue weighted by Gasteiger charge is 2.09. The van der Waals surface area contributed by atoms with Gasteiger partial charge in [0.05, 0.1) is 0 Å². The topological polar surface area (TPSA) is 50.9 Å². The van der Waals surface area contributed by atoms with Crippen molar-refractivity contribution in [2.75, 3.05) is 79.5 Å². The molecule has 6 heteroatoms. The fourth-order valence-corrected chi connectivity index (χ4v) is 3.31. The lowest BCUT2D eigenvalue weighted by Gasteiger charge is -2.27. The van der Waals surface area contributed by atoms with E-state index < -0.39 is 0 Å². The van der Waals surface area contributed by atoms with Crippen LogP contribution in [0.25, 0.3) is 0 Å². The van der Waals surface area contributed by atoms with E-state index in [1.54, 1.807) is 0 Å². The fraction of sp³-hybridized carbons (Fsp3) is 0.783. The van der Waals surface area contributed by atoms with Gasteiger partial charge in [0, 0.05) is 38.3 Å². The molecule has 0 radical (unpaired) electrons. The van der Waals surface area contributed by atoms with Gasteiger partial charge in [0.2, 0.25) is 0 Å². The van der Waals surface area contributed by atoms with E-state index in [-0.39, 0.29) is 5.91 Å². The molecule has 0 atom stereocenters. The molecule has 0 aliphatic carbocycles. The molecule has 0 aromatic carbocycles. The molecule has 1 amide bonds. The Hall–Kier alpha value is -1.21. The Morgan fingerprint density at radius 2 is 1.76 bits per heavy atom. The number of rotatable bonds is 7. The second-order valence-electron chi connectivity index (χ2n) is 8.64. The Balaban J connectivity index is 2.38. The Morgan fingerprint density at radius 1 is 1.03 bits per heavy atom. The molecule has 29 heavy (non-hydrogen) atoms. The number of nitrogens with one attached hydrogen (secondary N) is 2. The Morgan fingerprint density at radius 3 is 2.52 bits per heavy atom. The molecular formula is C23H45N5O. The molecule has 1 heterocycles. The predicted molar refractivity (Wildman–Crippen MR) is 124 cm³/mol. The molecule has 0 aromatic rings. The zero-order valence-electron chi connectivity index (χ0n) is 19.4. The third-order valence-electron chi connectivity index (χ3n) is 5.29. The lowest BCUT2D eigenvalue weighted by Crippen LogP contribution is -2.39. The maximum absolute atomic E-state index is 12.1. The second kappa shape index (κ2) is 15.6. The number of allylic oxidation sites excluding steroid dienone is 1. The lowest BCUT2D eigenvalue weighted by molar-refractivity contribution is -0.117. The highest BCUT2D eigenvalue weighted by atomic mass is 16.1. The summed E-state index contributed by atoms with van der Waals surface area (Å²) in [6, 6.07) is 0. The number of likely N-dealkylation sites (N-methyl/N-ethyl adjacent to an activating group) is 2. The molecule has 6 nitrogen and oxygen atoms in total. The van der Waals surface area contributed by atoms with E-state index >= 15 is 0 Å². The summed E-state index contributed by atoms with van der Waals surface area (Å²) in [7, 11) is 4.43. The molecule has 0 bridgehead atoms. The van der Waals surface area contributed by atoms with Crippen molar-refractivity contribution in [2.45, 2.75) is 33.1 Å². The SMILES string of the molecule is C=C(/C=C\C(C)C)C(=O)NCCCN1CCCN(C)CCNCCCN(C)CC1. The van der Waals surface area contributed by atoms with Crippen molar-refractivity contribution in [3.05, 3.63) is 24.3 Å².